The molecule has 8 heteroatoms. The van der Waals surface area contributed by atoms with Crippen LogP contribution >= 0.6 is 0 Å². The van der Waals surface area contributed by atoms with Gasteiger partial charge in [-0.3, -0.25) is 5.10 Å². The van der Waals surface area contributed by atoms with Crippen LogP contribution in [0.5, 0.6) is 28.7 Å². The first-order valence-corrected chi connectivity index (χ1v) is 10.2. The maximum atomic E-state index is 6.02. The SMILES string of the molecule is COc1ccc(-c2nc(-c3cc(OC)c(OC)c(OC)c3)n[nH]2)cc1OCc1ccccc1. The van der Waals surface area contributed by atoms with Gasteiger partial charge in [0.05, 0.1) is 28.4 Å². The summed E-state index contributed by atoms with van der Waals surface area (Å²) in [5.74, 6) is 3.90. The van der Waals surface area contributed by atoms with Crippen molar-refractivity contribution in [3.8, 4) is 51.5 Å². The van der Waals surface area contributed by atoms with E-state index in [0.717, 1.165) is 16.7 Å². The Bertz CT molecular complexity index is 1200. The van der Waals surface area contributed by atoms with Crippen molar-refractivity contribution in [2.24, 2.45) is 0 Å². The Labute approximate surface area is 192 Å². The van der Waals surface area contributed by atoms with Gasteiger partial charge >= 0.3 is 0 Å². The molecule has 170 valence electrons. The minimum absolute atomic E-state index is 0.424. The number of ether oxygens (including phenoxy) is 5. The van der Waals surface area contributed by atoms with Crippen molar-refractivity contribution in [1.82, 2.24) is 15.2 Å². The fraction of sp³-hybridized carbons (Fsp3) is 0.200. The van der Waals surface area contributed by atoms with Gasteiger partial charge in [-0.05, 0) is 35.9 Å². The van der Waals surface area contributed by atoms with Crippen LogP contribution in [-0.2, 0) is 6.61 Å². The van der Waals surface area contributed by atoms with E-state index in [1.165, 1.54) is 0 Å². The predicted octanol–water partition coefficient (Wildman–Crippen LogP) is 4.75. The highest BCUT2D eigenvalue weighted by Gasteiger charge is 2.17. The third-order valence-corrected chi connectivity index (χ3v) is 5.08. The minimum Gasteiger partial charge on any atom is -0.493 e. The Morgan fingerprint density at radius 2 is 1.36 bits per heavy atom. The average molecular weight is 447 g/mol. The van der Waals surface area contributed by atoms with E-state index >= 15 is 0 Å². The topological polar surface area (TPSA) is 87.7 Å². The minimum atomic E-state index is 0.424. The second-order valence-electron chi connectivity index (χ2n) is 7.06. The van der Waals surface area contributed by atoms with E-state index < -0.39 is 0 Å². The Balaban J connectivity index is 1.63. The lowest BCUT2D eigenvalue weighted by Crippen LogP contribution is -1.98. The first kappa shape index (κ1) is 22.0. The smallest absolute Gasteiger partial charge is 0.203 e. The maximum absolute atomic E-state index is 6.02. The van der Waals surface area contributed by atoms with Gasteiger partial charge in [0.1, 0.15) is 6.61 Å². The van der Waals surface area contributed by atoms with E-state index in [-0.39, 0.29) is 0 Å². The fourth-order valence-electron chi connectivity index (χ4n) is 3.40. The number of aromatic nitrogens is 3. The van der Waals surface area contributed by atoms with E-state index in [1.54, 1.807) is 40.6 Å². The van der Waals surface area contributed by atoms with E-state index in [4.69, 9.17) is 23.7 Å². The number of hydrogen-bond donors (Lipinski definition) is 1. The van der Waals surface area contributed by atoms with Crippen LogP contribution in [0.2, 0.25) is 0 Å². The molecule has 0 aliphatic heterocycles. The molecule has 4 aromatic rings. The number of methoxy groups -OCH3 is 4. The van der Waals surface area contributed by atoms with Crippen LogP contribution in [0.15, 0.2) is 60.7 Å². The van der Waals surface area contributed by atoms with E-state index in [0.29, 0.717) is 47.0 Å². The van der Waals surface area contributed by atoms with Crippen molar-refractivity contribution in [3.63, 3.8) is 0 Å². The fourth-order valence-corrected chi connectivity index (χ4v) is 3.40. The highest BCUT2D eigenvalue weighted by Crippen LogP contribution is 2.41. The molecule has 0 amide bonds. The molecule has 0 bridgehead atoms. The van der Waals surface area contributed by atoms with Gasteiger partial charge in [0.25, 0.3) is 0 Å². The molecule has 0 atom stereocenters. The molecular weight excluding hydrogens is 422 g/mol. The number of benzene rings is 3. The van der Waals surface area contributed by atoms with Gasteiger partial charge in [0.2, 0.25) is 5.75 Å². The van der Waals surface area contributed by atoms with Crippen LogP contribution in [0.3, 0.4) is 0 Å². The molecule has 0 saturated carbocycles. The van der Waals surface area contributed by atoms with E-state index in [9.17, 15) is 0 Å². The second-order valence-corrected chi connectivity index (χ2v) is 7.06. The van der Waals surface area contributed by atoms with Crippen LogP contribution in [0, 0.1) is 0 Å². The Hall–Kier alpha value is -4.20. The molecule has 0 aliphatic carbocycles. The summed E-state index contributed by atoms with van der Waals surface area (Å²) in [5.41, 5.74) is 2.60. The molecule has 0 radical (unpaired) electrons. The summed E-state index contributed by atoms with van der Waals surface area (Å²) < 4.78 is 27.7. The molecule has 33 heavy (non-hydrogen) atoms. The lowest BCUT2D eigenvalue weighted by atomic mass is 10.1. The number of nitrogens with zero attached hydrogens (tertiary/aromatic N) is 2. The lowest BCUT2D eigenvalue weighted by molar-refractivity contribution is 0.284. The Kier molecular flexibility index (Phi) is 6.64. The monoisotopic (exact) mass is 447 g/mol. The standard InChI is InChI=1S/C25H25N3O5/c1-29-19-11-10-17(12-20(19)33-15-16-8-6-5-7-9-16)24-26-25(28-27-24)18-13-21(30-2)23(32-4)22(14-18)31-3/h5-14H,15H2,1-4H3,(H,26,27,28). The lowest BCUT2D eigenvalue weighted by Gasteiger charge is -2.13. The molecular formula is C25H25N3O5. The number of nitrogens with one attached hydrogen (secondary N) is 1. The molecule has 0 unspecified atom stereocenters. The van der Waals surface area contributed by atoms with Crippen LogP contribution in [0.1, 0.15) is 5.56 Å². The number of aromatic amines is 1. The van der Waals surface area contributed by atoms with Crippen molar-refractivity contribution < 1.29 is 23.7 Å². The van der Waals surface area contributed by atoms with Crippen LogP contribution < -0.4 is 23.7 Å². The van der Waals surface area contributed by atoms with Gasteiger partial charge in [-0.1, -0.05) is 30.3 Å². The highest BCUT2D eigenvalue weighted by atomic mass is 16.5. The van der Waals surface area contributed by atoms with Crippen LogP contribution in [0.25, 0.3) is 22.8 Å². The largest absolute Gasteiger partial charge is 0.493 e. The van der Waals surface area contributed by atoms with Gasteiger partial charge in [0.15, 0.2) is 34.6 Å². The zero-order valence-corrected chi connectivity index (χ0v) is 18.9. The average Bonchev–Trinajstić information content (AvgIpc) is 3.37. The molecule has 4 rings (SSSR count). The zero-order valence-electron chi connectivity index (χ0n) is 18.9. The summed E-state index contributed by atoms with van der Waals surface area (Å²) in [6.45, 7) is 0.424. The summed E-state index contributed by atoms with van der Waals surface area (Å²) in [6, 6.07) is 19.2. The van der Waals surface area contributed by atoms with Crippen molar-refractivity contribution in [2.45, 2.75) is 6.61 Å². The molecule has 1 N–H and O–H groups in total. The molecule has 1 aromatic heterocycles. The molecule has 0 saturated heterocycles. The van der Waals surface area contributed by atoms with Gasteiger partial charge in [-0.15, -0.1) is 0 Å². The summed E-state index contributed by atoms with van der Waals surface area (Å²) >= 11 is 0. The maximum Gasteiger partial charge on any atom is 0.203 e. The molecule has 8 nitrogen and oxygen atoms in total. The summed E-state index contributed by atoms with van der Waals surface area (Å²) in [4.78, 5) is 4.66. The van der Waals surface area contributed by atoms with Crippen LogP contribution in [0.4, 0.5) is 0 Å². The Morgan fingerprint density at radius 3 is 2.00 bits per heavy atom. The second kappa shape index (κ2) is 9.95. The summed E-state index contributed by atoms with van der Waals surface area (Å²) in [5, 5.41) is 7.37. The first-order valence-electron chi connectivity index (χ1n) is 10.2. The third kappa shape index (κ3) is 4.69. The number of rotatable bonds is 9. The molecule has 3 aromatic carbocycles. The number of hydrogen-bond acceptors (Lipinski definition) is 7. The highest BCUT2D eigenvalue weighted by molar-refractivity contribution is 5.69. The quantitative estimate of drug-likeness (QED) is 0.396. The van der Waals surface area contributed by atoms with E-state index in [2.05, 4.69) is 15.2 Å². The molecule has 0 spiro atoms. The summed E-state index contributed by atoms with van der Waals surface area (Å²) in [6.07, 6.45) is 0. The van der Waals surface area contributed by atoms with E-state index in [1.807, 2.05) is 48.5 Å². The van der Waals surface area contributed by atoms with Crippen molar-refractivity contribution in [3.05, 3.63) is 66.2 Å². The van der Waals surface area contributed by atoms with Gasteiger partial charge in [0, 0.05) is 11.1 Å². The van der Waals surface area contributed by atoms with Crippen molar-refractivity contribution in [1.29, 1.82) is 0 Å². The third-order valence-electron chi connectivity index (χ3n) is 5.08. The van der Waals surface area contributed by atoms with Crippen LogP contribution in [-0.4, -0.2) is 43.6 Å². The Morgan fingerprint density at radius 1 is 0.697 bits per heavy atom. The molecule has 0 aliphatic rings. The number of H-pyrrole nitrogens is 1. The summed E-state index contributed by atoms with van der Waals surface area (Å²) in [7, 11) is 6.31. The van der Waals surface area contributed by atoms with Gasteiger partial charge in [-0.2, -0.15) is 5.10 Å². The van der Waals surface area contributed by atoms with Gasteiger partial charge in [-0.25, -0.2) is 4.98 Å². The normalized spacial score (nSPS) is 10.5. The van der Waals surface area contributed by atoms with Gasteiger partial charge < -0.3 is 23.7 Å². The van der Waals surface area contributed by atoms with Crippen molar-refractivity contribution >= 4 is 0 Å². The van der Waals surface area contributed by atoms with Crippen molar-refractivity contribution in [2.75, 3.05) is 28.4 Å². The molecule has 0 fully saturated rings. The molecule has 1 heterocycles. The zero-order chi connectivity index (χ0) is 23.2. The first-order chi connectivity index (χ1) is 16.2. The predicted molar refractivity (Wildman–Crippen MR) is 124 cm³/mol.